The smallest absolute Gasteiger partial charge is 0.0701 e. The van der Waals surface area contributed by atoms with Gasteiger partial charge in [-0.15, -0.1) is 0 Å². The molecule has 1 aliphatic carbocycles. The molecule has 0 saturated heterocycles. The van der Waals surface area contributed by atoms with Crippen LogP contribution in [0.1, 0.15) is 32.6 Å². The zero-order chi connectivity index (χ0) is 14.5. The average molecular weight is 353 g/mol. The predicted molar refractivity (Wildman–Crippen MR) is 83.6 cm³/mol. The highest BCUT2D eigenvalue weighted by molar-refractivity contribution is 9.09. The Kier molecular flexibility index (Phi) is 11.0. The van der Waals surface area contributed by atoms with Crippen LogP contribution in [0.2, 0.25) is 0 Å². The van der Waals surface area contributed by atoms with Crippen LogP contribution in [0, 0.1) is 5.41 Å². The molecule has 0 unspecified atom stereocenters. The summed E-state index contributed by atoms with van der Waals surface area (Å²) in [6, 6.07) is 0. The van der Waals surface area contributed by atoms with E-state index in [1.807, 2.05) is 0 Å². The third-order valence-corrected chi connectivity index (χ3v) is 4.60. The Balaban J connectivity index is 1.68. The molecule has 0 bridgehead atoms. The minimum Gasteiger partial charge on any atom is -0.379 e. The SMILES string of the molecule is CCCCOCCOCCOCCOCC1(CBr)CC1. The molecule has 0 aliphatic heterocycles. The van der Waals surface area contributed by atoms with Crippen LogP contribution in [0.15, 0.2) is 0 Å². The lowest BCUT2D eigenvalue weighted by Crippen LogP contribution is -2.16. The molecule has 0 heterocycles. The number of rotatable bonds is 15. The lowest BCUT2D eigenvalue weighted by Gasteiger charge is -2.12. The van der Waals surface area contributed by atoms with Gasteiger partial charge in [0.2, 0.25) is 0 Å². The molecule has 120 valence electrons. The van der Waals surface area contributed by atoms with E-state index in [2.05, 4.69) is 22.9 Å². The summed E-state index contributed by atoms with van der Waals surface area (Å²) in [4.78, 5) is 0. The molecule has 0 atom stereocenters. The van der Waals surface area contributed by atoms with Crippen LogP contribution in [0.5, 0.6) is 0 Å². The van der Waals surface area contributed by atoms with Crippen molar-refractivity contribution in [2.75, 3.05) is 58.2 Å². The minimum atomic E-state index is 0.431. The fourth-order valence-electron chi connectivity index (χ4n) is 1.69. The molecule has 1 saturated carbocycles. The van der Waals surface area contributed by atoms with E-state index in [0.29, 0.717) is 45.1 Å². The van der Waals surface area contributed by atoms with E-state index in [0.717, 1.165) is 25.0 Å². The van der Waals surface area contributed by atoms with Gasteiger partial charge in [-0.2, -0.15) is 0 Å². The lowest BCUT2D eigenvalue weighted by atomic mass is 10.2. The van der Waals surface area contributed by atoms with Crippen LogP contribution in [0.3, 0.4) is 0 Å². The standard InChI is InChI=1S/C15H29BrO4/c1-2-3-6-17-7-8-18-9-10-19-11-12-20-14-15(13-16)4-5-15/h2-14H2,1H3. The van der Waals surface area contributed by atoms with E-state index in [1.54, 1.807) is 0 Å². The van der Waals surface area contributed by atoms with Crippen molar-refractivity contribution in [3.8, 4) is 0 Å². The summed E-state index contributed by atoms with van der Waals surface area (Å²) >= 11 is 3.53. The maximum atomic E-state index is 5.62. The zero-order valence-corrected chi connectivity index (χ0v) is 14.3. The highest BCUT2D eigenvalue weighted by Gasteiger charge is 2.41. The number of halogens is 1. The van der Waals surface area contributed by atoms with Gasteiger partial charge < -0.3 is 18.9 Å². The Labute approximate surface area is 131 Å². The monoisotopic (exact) mass is 352 g/mol. The molecule has 1 aliphatic rings. The second-order valence-corrected chi connectivity index (χ2v) is 5.94. The topological polar surface area (TPSA) is 36.9 Å². The van der Waals surface area contributed by atoms with Crippen molar-refractivity contribution < 1.29 is 18.9 Å². The normalized spacial score (nSPS) is 16.5. The van der Waals surface area contributed by atoms with Crippen LogP contribution in [-0.2, 0) is 18.9 Å². The van der Waals surface area contributed by atoms with Crippen molar-refractivity contribution >= 4 is 15.9 Å². The highest BCUT2D eigenvalue weighted by Crippen LogP contribution is 2.47. The number of hydrogen-bond donors (Lipinski definition) is 0. The van der Waals surface area contributed by atoms with E-state index in [9.17, 15) is 0 Å². The molecule has 20 heavy (non-hydrogen) atoms. The molecule has 0 aromatic rings. The third kappa shape index (κ3) is 9.29. The van der Waals surface area contributed by atoms with Crippen molar-refractivity contribution in [2.24, 2.45) is 5.41 Å². The first kappa shape index (κ1) is 18.4. The second-order valence-electron chi connectivity index (χ2n) is 5.38. The van der Waals surface area contributed by atoms with Gasteiger partial charge in [0, 0.05) is 17.4 Å². The zero-order valence-electron chi connectivity index (χ0n) is 12.7. The van der Waals surface area contributed by atoms with Gasteiger partial charge in [-0.05, 0) is 19.3 Å². The summed E-state index contributed by atoms with van der Waals surface area (Å²) in [5.74, 6) is 0. The maximum Gasteiger partial charge on any atom is 0.0701 e. The van der Waals surface area contributed by atoms with Gasteiger partial charge in [0.25, 0.3) is 0 Å². The Morgan fingerprint density at radius 2 is 1.30 bits per heavy atom. The molecule has 1 rings (SSSR count). The van der Waals surface area contributed by atoms with E-state index in [4.69, 9.17) is 18.9 Å². The summed E-state index contributed by atoms with van der Waals surface area (Å²) in [5, 5.41) is 1.05. The molecular formula is C15H29BrO4. The predicted octanol–water partition coefficient (Wildman–Crippen LogP) is 3.03. The lowest BCUT2D eigenvalue weighted by molar-refractivity contribution is -0.00643. The van der Waals surface area contributed by atoms with Gasteiger partial charge in [-0.3, -0.25) is 0 Å². The van der Waals surface area contributed by atoms with Crippen LogP contribution >= 0.6 is 15.9 Å². The minimum absolute atomic E-state index is 0.431. The fraction of sp³-hybridized carbons (Fsp3) is 1.00. The molecule has 0 aromatic carbocycles. The molecule has 0 radical (unpaired) electrons. The first-order valence-corrected chi connectivity index (χ1v) is 8.82. The van der Waals surface area contributed by atoms with Crippen LogP contribution < -0.4 is 0 Å². The highest BCUT2D eigenvalue weighted by atomic mass is 79.9. The molecule has 0 spiro atoms. The van der Waals surface area contributed by atoms with Crippen molar-refractivity contribution in [1.29, 1.82) is 0 Å². The first-order chi connectivity index (χ1) is 9.83. The van der Waals surface area contributed by atoms with Crippen molar-refractivity contribution in [2.45, 2.75) is 32.6 Å². The number of alkyl halides is 1. The third-order valence-electron chi connectivity index (χ3n) is 3.41. The number of unbranched alkanes of at least 4 members (excludes halogenated alkanes) is 1. The molecule has 4 nitrogen and oxygen atoms in total. The van der Waals surface area contributed by atoms with Gasteiger partial charge >= 0.3 is 0 Å². The van der Waals surface area contributed by atoms with Gasteiger partial charge in [0.1, 0.15) is 0 Å². The Morgan fingerprint density at radius 1 is 0.800 bits per heavy atom. The molecular weight excluding hydrogens is 324 g/mol. The van der Waals surface area contributed by atoms with Crippen LogP contribution in [0.4, 0.5) is 0 Å². The summed E-state index contributed by atoms with van der Waals surface area (Å²) in [5.41, 5.74) is 0.431. The van der Waals surface area contributed by atoms with Crippen LogP contribution in [-0.4, -0.2) is 58.2 Å². The number of ether oxygens (including phenoxy) is 4. The summed E-state index contributed by atoms with van der Waals surface area (Å²) in [7, 11) is 0. The van der Waals surface area contributed by atoms with Crippen molar-refractivity contribution in [3.05, 3.63) is 0 Å². The Morgan fingerprint density at radius 3 is 1.75 bits per heavy atom. The Bertz CT molecular complexity index is 222. The van der Waals surface area contributed by atoms with Crippen molar-refractivity contribution in [3.63, 3.8) is 0 Å². The van der Waals surface area contributed by atoms with Gasteiger partial charge in [-0.1, -0.05) is 29.3 Å². The second kappa shape index (κ2) is 11.9. The molecule has 0 N–H and O–H groups in total. The number of hydrogen-bond acceptors (Lipinski definition) is 4. The van der Waals surface area contributed by atoms with Crippen LogP contribution in [0.25, 0.3) is 0 Å². The van der Waals surface area contributed by atoms with Gasteiger partial charge in [-0.25, -0.2) is 0 Å². The molecule has 0 amide bonds. The van der Waals surface area contributed by atoms with Gasteiger partial charge in [0.15, 0.2) is 0 Å². The largest absolute Gasteiger partial charge is 0.379 e. The van der Waals surface area contributed by atoms with E-state index in [-0.39, 0.29) is 0 Å². The first-order valence-electron chi connectivity index (χ1n) is 7.70. The van der Waals surface area contributed by atoms with Gasteiger partial charge in [0.05, 0.1) is 46.2 Å². The van der Waals surface area contributed by atoms with E-state index < -0.39 is 0 Å². The van der Waals surface area contributed by atoms with E-state index in [1.165, 1.54) is 19.3 Å². The Hall–Kier alpha value is 0.320. The average Bonchev–Trinajstić information content (AvgIpc) is 3.24. The molecule has 5 heteroatoms. The van der Waals surface area contributed by atoms with E-state index >= 15 is 0 Å². The quantitative estimate of drug-likeness (QED) is 0.335. The fourth-order valence-corrected chi connectivity index (χ4v) is 2.41. The summed E-state index contributed by atoms with van der Waals surface area (Å²) in [6.45, 7) is 7.76. The summed E-state index contributed by atoms with van der Waals surface area (Å²) in [6.07, 6.45) is 4.87. The molecule has 0 aromatic heterocycles. The van der Waals surface area contributed by atoms with Crippen molar-refractivity contribution in [1.82, 2.24) is 0 Å². The molecule has 1 fully saturated rings. The maximum absolute atomic E-state index is 5.62. The summed E-state index contributed by atoms with van der Waals surface area (Å²) < 4.78 is 21.9.